The smallest absolute Gasteiger partial charge is 0.141 e. The molecule has 2 aromatic rings. The Labute approximate surface area is 111 Å². The molecule has 0 saturated heterocycles. The van der Waals surface area contributed by atoms with E-state index in [-0.39, 0.29) is 0 Å². The summed E-state index contributed by atoms with van der Waals surface area (Å²) < 4.78 is 5.19. The molecule has 19 heavy (non-hydrogen) atoms. The molecular weight excluding hydrogens is 242 g/mol. The number of para-hydroxylation sites is 2. The van der Waals surface area contributed by atoms with Gasteiger partial charge in [-0.1, -0.05) is 42.5 Å². The Morgan fingerprint density at radius 2 is 1.74 bits per heavy atom. The number of hydrogen-bond acceptors (Lipinski definition) is 4. The molecule has 4 nitrogen and oxygen atoms in total. The molecule has 0 bridgehead atoms. The van der Waals surface area contributed by atoms with E-state index in [9.17, 15) is 9.90 Å². The van der Waals surface area contributed by atoms with E-state index in [0.717, 1.165) is 0 Å². The van der Waals surface area contributed by atoms with E-state index in [1.54, 1.807) is 36.4 Å². The van der Waals surface area contributed by atoms with E-state index >= 15 is 0 Å². The fraction of sp³-hybridized carbons (Fsp3) is 0.133. The quantitative estimate of drug-likeness (QED) is 0.882. The number of benzene rings is 2. The van der Waals surface area contributed by atoms with Crippen LogP contribution < -0.4 is 15.2 Å². The average molecular weight is 256 g/mol. The van der Waals surface area contributed by atoms with Crippen LogP contribution in [0.25, 0.3) is 0 Å². The minimum absolute atomic E-state index is 0.588. The van der Waals surface area contributed by atoms with Crippen LogP contribution in [-0.4, -0.2) is 13.1 Å². The number of carboxylic acid groups (broad SMARTS) is 1. The SMILES string of the molecule is COc1ccccc1N[C@H](C(=O)[O-])c1ccccc1. The Kier molecular flexibility index (Phi) is 4.03. The minimum Gasteiger partial charge on any atom is -0.548 e. The highest BCUT2D eigenvalue weighted by Gasteiger charge is 2.14. The van der Waals surface area contributed by atoms with E-state index in [1.807, 2.05) is 18.2 Å². The maximum atomic E-state index is 11.3. The fourth-order valence-electron chi connectivity index (χ4n) is 1.84. The first kappa shape index (κ1) is 13.0. The van der Waals surface area contributed by atoms with Crippen LogP contribution in [0, 0.1) is 0 Å². The number of ether oxygens (including phenoxy) is 1. The van der Waals surface area contributed by atoms with Gasteiger partial charge in [-0.15, -0.1) is 0 Å². The summed E-state index contributed by atoms with van der Waals surface area (Å²) in [6.45, 7) is 0. The van der Waals surface area contributed by atoms with Crippen molar-refractivity contribution in [2.75, 3.05) is 12.4 Å². The summed E-state index contributed by atoms with van der Waals surface area (Å²) in [4.78, 5) is 11.3. The van der Waals surface area contributed by atoms with Gasteiger partial charge < -0.3 is 20.0 Å². The van der Waals surface area contributed by atoms with Crippen LogP contribution in [0.1, 0.15) is 11.6 Å². The molecule has 2 aromatic carbocycles. The Hall–Kier alpha value is -2.49. The third-order valence-electron chi connectivity index (χ3n) is 2.78. The maximum absolute atomic E-state index is 11.3. The first-order valence-electron chi connectivity index (χ1n) is 5.87. The van der Waals surface area contributed by atoms with Crippen molar-refractivity contribution in [2.24, 2.45) is 0 Å². The highest BCUT2D eigenvalue weighted by atomic mass is 16.5. The van der Waals surface area contributed by atoms with Crippen LogP contribution in [0.3, 0.4) is 0 Å². The van der Waals surface area contributed by atoms with Crippen molar-refractivity contribution in [3.05, 3.63) is 60.2 Å². The van der Waals surface area contributed by atoms with E-state index in [2.05, 4.69) is 5.32 Å². The predicted octanol–water partition coefficient (Wildman–Crippen LogP) is 1.60. The number of methoxy groups -OCH3 is 1. The summed E-state index contributed by atoms with van der Waals surface area (Å²) in [5, 5.41) is 14.2. The third kappa shape index (κ3) is 3.04. The van der Waals surface area contributed by atoms with Crippen molar-refractivity contribution >= 4 is 11.7 Å². The van der Waals surface area contributed by atoms with Crippen molar-refractivity contribution < 1.29 is 14.6 Å². The summed E-state index contributed by atoms with van der Waals surface area (Å²) >= 11 is 0. The first-order valence-corrected chi connectivity index (χ1v) is 5.87. The molecule has 0 unspecified atom stereocenters. The lowest BCUT2D eigenvalue weighted by atomic mass is 10.1. The molecule has 0 aliphatic heterocycles. The maximum Gasteiger partial charge on any atom is 0.141 e. The van der Waals surface area contributed by atoms with Gasteiger partial charge >= 0.3 is 0 Å². The van der Waals surface area contributed by atoms with Crippen LogP contribution >= 0.6 is 0 Å². The number of hydrogen-bond donors (Lipinski definition) is 1. The van der Waals surface area contributed by atoms with E-state index in [4.69, 9.17) is 4.74 Å². The van der Waals surface area contributed by atoms with Gasteiger partial charge in [0.25, 0.3) is 0 Å². The summed E-state index contributed by atoms with van der Waals surface area (Å²) in [6.07, 6.45) is 0. The monoisotopic (exact) mass is 256 g/mol. The normalized spacial score (nSPS) is 11.6. The van der Waals surface area contributed by atoms with Crippen LogP contribution in [0.5, 0.6) is 5.75 Å². The fourth-order valence-corrected chi connectivity index (χ4v) is 1.84. The Bertz CT molecular complexity index is 554. The van der Waals surface area contributed by atoms with Crippen LogP contribution in [-0.2, 0) is 4.79 Å². The van der Waals surface area contributed by atoms with Crippen LogP contribution in [0.4, 0.5) is 5.69 Å². The molecule has 0 amide bonds. The largest absolute Gasteiger partial charge is 0.548 e. The predicted molar refractivity (Wildman–Crippen MR) is 70.8 cm³/mol. The van der Waals surface area contributed by atoms with Gasteiger partial charge in [-0.2, -0.15) is 0 Å². The highest BCUT2D eigenvalue weighted by Crippen LogP contribution is 2.27. The number of nitrogens with one attached hydrogen (secondary N) is 1. The van der Waals surface area contributed by atoms with Gasteiger partial charge in [-0.05, 0) is 17.7 Å². The van der Waals surface area contributed by atoms with Gasteiger partial charge in [0, 0.05) is 0 Å². The van der Waals surface area contributed by atoms with Crippen molar-refractivity contribution in [1.82, 2.24) is 0 Å². The molecule has 2 rings (SSSR count). The zero-order valence-corrected chi connectivity index (χ0v) is 10.5. The molecule has 0 fully saturated rings. The number of carbonyl (C=O) groups is 1. The van der Waals surface area contributed by atoms with Crippen molar-refractivity contribution in [2.45, 2.75) is 6.04 Å². The summed E-state index contributed by atoms with van der Waals surface area (Å²) in [5.41, 5.74) is 1.25. The number of carbonyl (C=O) groups excluding carboxylic acids is 1. The lowest BCUT2D eigenvalue weighted by Gasteiger charge is -2.22. The Morgan fingerprint density at radius 3 is 2.37 bits per heavy atom. The zero-order valence-electron chi connectivity index (χ0n) is 10.5. The number of rotatable bonds is 5. The van der Waals surface area contributed by atoms with E-state index in [0.29, 0.717) is 17.0 Å². The molecule has 1 N–H and O–H groups in total. The second-order valence-corrected chi connectivity index (χ2v) is 4.01. The standard InChI is InChI=1S/C15H15NO3/c1-19-13-10-6-5-9-12(13)16-14(15(17)18)11-7-3-2-4-8-11/h2-10,14,16H,1H3,(H,17,18)/p-1/t14-/m0/s1. The molecule has 0 radical (unpaired) electrons. The number of anilines is 1. The van der Waals surface area contributed by atoms with Gasteiger partial charge in [-0.3, -0.25) is 0 Å². The molecule has 0 aliphatic rings. The Balaban J connectivity index is 2.30. The average Bonchev–Trinajstić information content (AvgIpc) is 2.45. The van der Waals surface area contributed by atoms with Crippen molar-refractivity contribution in [3.8, 4) is 5.75 Å². The van der Waals surface area contributed by atoms with Crippen LogP contribution in [0.15, 0.2) is 54.6 Å². The highest BCUT2D eigenvalue weighted by molar-refractivity contribution is 5.78. The second-order valence-electron chi connectivity index (χ2n) is 4.01. The molecule has 0 aliphatic carbocycles. The zero-order chi connectivity index (χ0) is 13.7. The summed E-state index contributed by atoms with van der Waals surface area (Å²) in [6, 6.07) is 15.1. The minimum atomic E-state index is -1.18. The summed E-state index contributed by atoms with van der Waals surface area (Å²) in [5.74, 6) is -0.596. The topological polar surface area (TPSA) is 61.4 Å². The third-order valence-corrected chi connectivity index (χ3v) is 2.78. The number of aliphatic carboxylic acids is 1. The van der Waals surface area contributed by atoms with Crippen molar-refractivity contribution in [3.63, 3.8) is 0 Å². The van der Waals surface area contributed by atoms with Gasteiger partial charge in [0.2, 0.25) is 0 Å². The lowest BCUT2D eigenvalue weighted by molar-refractivity contribution is -0.307. The molecule has 1 atom stereocenters. The van der Waals surface area contributed by atoms with Gasteiger partial charge in [0.1, 0.15) is 5.75 Å². The molecule has 0 aromatic heterocycles. The molecular formula is C15H14NO3-. The Morgan fingerprint density at radius 1 is 1.11 bits per heavy atom. The molecule has 0 saturated carbocycles. The van der Waals surface area contributed by atoms with E-state index in [1.165, 1.54) is 7.11 Å². The first-order chi connectivity index (χ1) is 9.22. The van der Waals surface area contributed by atoms with Gasteiger partial charge in [0.15, 0.2) is 0 Å². The van der Waals surface area contributed by atoms with Gasteiger partial charge in [-0.25, -0.2) is 0 Å². The molecule has 0 spiro atoms. The molecule has 98 valence electrons. The van der Waals surface area contributed by atoms with Crippen molar-refractivity contribution in [1.29, 1.82) is 0 Å². The summed E-state index contributed by atoms with van der Waals surface area (Å²) in [7, 11) is 1.54. The second kappa shape index (κ2) is 5.91. The van der Waals surface area contributed by atoms with E-state index < -0.39 is 12.0 Å². The molecule has 4 heteroatoms. The van der Waals surface area contributed by atoms with Crippen LogP contribution in [0.2, 0.25) is 0 Å². The number of carboxylic acids is 1. The molecule has 0 heterocycles. The van der Waals surface area contributed by atoms with Gasteiger partial charge in [0.05, 0.1) is 24.8 Å². The lowest BCUT2D eigenvalue weighted by Crippen LogP contribution is -2.34.